The molecule has 2 unspecified atom stereocenters. The van der Waals surface area contributed by atoms with Crippen LogP contribution in [-0.2, 0) is 9.59 Å². The lowest BCUT2D eigenvalue weighted by Crippen LogP contribution is -2.46. The summed E-state index contributed by atoms with van der Waals surface area (Å²) in [5, 5.41) is 5.61. The van der Waals surface area contributed by atoms with Crippen LogP contribution < -0.4 is 10.6 Å². The second kappa shape index (κ2) is 15.7. The lowest BCUT2D eigenvalue weighted by molar-refractivity contribution is -0.112. The van der Waals surface area contributed by atoms with Gasteiger partial charge < -0.3 is 10.6 Å². The predicted octanol–water partition coefficient (Wildman–Crippen LogP) is 2.87. The Balaban J connectivity index is 0.00000529. The third-order valence-electron chi connectivity index (χ3n) is 4.79. The van der Waals surface area contributed by atoms with E-state index < -0.39 is 0 Å². The minimum atomic E-state index is 0. The molecular formula is C18H36ClN3O2. The van der Waals surface area contributed by atoms with Crippen molar-refractivity contribution >= 4 is 25.2 Å². The molecule has 0 spiro atoms. The molecule has 0 aromatic carbocycles. The van der Waals surface area contributed by atoms with E-state index in [1.54, 1.807) is 0 Å². The molecule has 6 heteroatoms. The van der Waals surface area contributed by atoms with Gasteiger partial charge in [0, 0.05) is 13.1 Å². The van der Waals surface area contributed by atoms with Gasteiger partial charge in [-0.3, -0.25) is 14.5 Å². The molecule has 2 N–H and O–H groups in total. The molecule has 1 aliphatic rings. The van der Waals surface area contributed by atoms with Crippen molar-refractivity contribution in [3.63, 3.8) is 0 Å². The van der Waals surface area contributed by atoms with E-state index in [-0.39, 0.29) is 24.5 Å². The number of likely N-dealkylation sites (tertiary alicyclic amines) is 1. The maximum Gasteiger partial charge on any atom is 0.207 e. The first-order valence-electron chi connectivity index (χ1n) is 9.43. The van der Waals surface area contributed by atoms with E-state index in [1.165, 1.54) is 64.2 Å². The Morgan fingerprint density at radius 3 is 1.62 bits per heavy atom. The Bertz CT molecular complexity index is 301. The topological polar surface area (TPSA) is 61.4 Å². The minimum Gasteiger partial charge on any atom is -0.353 e. The van der Waals surface area contributed by atoms with Gasteiger partial charge in [0.15, 0.2) is 0 Å². The van der Waals surface area contributed by atoms with Crippen LogP contribution in [0, 0.1) is 0 Å². The molecular weight excluding hydrogens is 326 g/mol. The molecule has 0 aromatic heterocycles. The number of nitrogens with one attached hydrogen (secondary N) is 2. The highest BCUT2D eigenvalue weighted by atomic mass is 35.5. The van der Waals surface area contributed by atoms with Crippen LogP contribution in [0.4, 0.5) is 0 Å². The number of rotatable bonds is 15. The number of carbonyl (C=O) groups excluding carboxylic acids is 2. The van der Waals surface area contributed by atoms with Gasteiger partial charge in [0.2, 0.25) is 12.8 Å². The summed E-state index contributed by atoms with van der Waals surface area (Å²) >= 11 is 0. The Labute approximate surface area is 153 Å². The summed E-state index contributed by atoms with van der Waals surface area (Å²) in [4.78, 5) is 23.6. The Kier molecular flexibility index (Phi) is 15.2. The van der Waals surface area contributed by atoms with Crippen molar-refractivity contribution in [1.29, 1.82) is 0 Å². The van der Waals surface area contributed by atoms with Gasteiger partial charge in [0.25, 0.3) is 0 Å². The van der Waals surface area contributed by atoms with E-state index in [4.69, 9.17) is 0 Å². The SMILES string of the molecule is CCCCCCCCCCCCN1CC(NC=O)C(NC=O)C1.Cl. The number of unbranched alkanes of at least 4 members (excludes halogenated alkanes) is 9. The summed E-state index contributed by atoms with van der Waals surface area (Å²) in [7, 11) is 0. The molecule has 1 rings (SSSR count). The largest absolute Gasteiger partial charge is 0.353 e. The van der Waals surface area contributed by atoms with Crippen molar-refractivity contribution in [1.82, 2.24) is 15.5 Å². The van der Waals surface area contributed by atoms with Gasteiger partial charge >= 0.3 is 0 Å². The Morgan fingerprint density at radius 1 is 0.792 bits per heavy atom. The van der Waals surface area contributed by atoms with Crippen molar-refractivity contribution in [3.8, 4) is 0 Å². The summed E-state index contributed by atoms with van der Waals surface area (Å²) in [5.74, 6) is 0. The second-order valence-electron chi connectivity index (χ2n) is 6.72. The molecule has 1 fully saturated rings. The van der Waals surface area contributed by atoms with Crippen LogP contribution in [0.25, 0.3) is 0 Å². The molecule has 5 nitrogen and oxygen atoms in total. The monoisotopic (exact) mass is 361 g/mol. The standard InChI is InChI=1S/C18H35N3O2.ClH/c1-2-3-4-5-6-7-8-9-10-11-12-21-13-17(19-15-22)18(14-21)20-16-23;/h15-18H,2-14H2,1H3,(H,19,22)(H,20,23);1H. The van der Waals surface area contributed by atoms with Crippen LogP contribution in [0.2, 0.25) is 0 Å². The first-order valence-corrected chi connectivity index (χ1v) is 9.43. The number of hydrogen-bond donors (Lipinski definition) is 2. The third-order valence-corrected chi connectivity index (χ3v) is 4.79. The zero-order chi connectivity index (χ0) is 16.8. The van der Waals surface area contributed by atoms with Gasteiger partial charge in [-0.05, 0) is 13.0 Å². The molecule has 0 aliphatic carbocycles. The molecule has 0 radical (unpaired) electrons. The van der Waals surface area contributed by atoms with Gasteiger partial charge in [0.1, 0.15) is 0 Å². The number of halogens is 1. The Morgan fingerprint density at radius 2 is 1.21 bits per heavy atom. The van der Waals surface area contributed by atoms with E-state index >= 15 is 0 Å². The van der Waals surface area contributed by atoms with Gasteiger partial charge in [-0.25, -0.2) is 0 Å². The molecule has 0 aromatic rings. The van der Waals surface area contributed by atoms with Crippen molar-refractivity contribution < 1.29 is 9.59 Å². The van der Waals surface area contributed by atoms with Crippen molar-refractivity contribution in [2.24, 2.45) is 0 Å². The summed E-state index contributed by atoms with van der Waals surface area (Å²) in [5.41, 5.74) is 0. The van der Waals surface area contributed by atoms with Crippen LogP contribution in [-0.4, -0.2) is 49.4 Å². The molecule has 0 saturated carbocycles. The minimum absolute atomic E-state index is 0. The fourth-order valence-electron chi connectivity index (χ4n) is 3.40. The average molecular weight is 362 g/mol. The highest BCUT2D eigenvalue weighted by Gasteiger charge is 2.31. The summed E-state index contributed by atoms with van der Waals surface area (Å²) in [6.07, 6.45) is 14.9. The quantitative estimate of drug-likeness (QED) is 0.348. The lowest BCUT2D eigenvalue weighted by Gasteiger charge is -2.15. The third kappa shape index (κ3) is 10.1. The molecule has 1 heterocycles. The highest BCUT2D eigenvalue weighted by Crippen LogP contribution is 2.13. The maximum absolute atomic E-state index is 10.6. The molecule has 2 atom stereocenters. The van der Waals surface area contributed by atoms with E-state index in [9.17, 15) is 9.59 Å². The normalized spacial score (nSPS) is 20.4. The first kappa shape index (κ1) is 23.2. The fourth-order valence-corrected chi connectivity index (χ4v) is 3.40. The number of amides is 2. The predicted molar refractivity (Wildman–Crippen MR) is 102 cm³/mol. The Hall–Kier alpha value is -0.810. The molecule has 0 bridgehead atoms. The van der Waals surface area contributed by atoms with Gasteiger partial charge in [-0.15, -0.1) is 12.4 Å². The van der Waals surface area contributed by atoms with Crippen LogP contribution >= 0.6 is 12.4 Å². The molecule has 142 valence electrons. The number of hydrogen-bond acceptors (Lipinski definition) is 3. The first-order chi connectivity index (χ1) is 11.3. The van der Waals surface area contributed by atoms with Crippen molar-refractivity contribution in [2.45, 2.75) is 83.2 Å². The maximum atomic E-state index is 10.6. The van der Waals surface area contributed by atoms with Gasteiger partial charge in [-0.1, -0.05) is 64.7 Å². The molecule has 24 heavy (non-hydrogen) atoms. The summed E-state index contributed by atoms with van der Waals surface area (Å²) in [6.45, 7) is 4.99. The molecule has 1 saturated heterocycles. The number of nitrogens with zero attached hydrogens (tertiary/aromatic N) is 1. The van der Waals surface area contributed by atoms with Crippen LogP contribution in [0.15, 0.2) is 0 Å². The van der Waals surface area contributed by atoms with Gasteiger partial charge in [0.05, 0.1) is 12.1 Å². The highest BCUT2D eigenvalue weighted by molar-refractivity contribution is 5.85. The second-order valence-corrected chi connectivity index (χ2v) is 6.72. The van der Waals surface area contributed by atoms with Crippen molar-refractivity contribution in [2.75, 3.05) is 19.6 Å². The average Bonchev–Trinajstić information content (AvgIpc) is 2.92. The lowest BCUT2D eigenvalue weighted by atomic mass is 10.1. The van der Waals surface area contributed by atoms with E-state index in [2.05, 4.69) is 22.5 Å². The van der Waals surface area contributed by atoms with Crippen molar-refractivity contribution in [3.05, 3.63) is 0 Å². The van der Waals surface area contributed by atoms with E-state index in [1.807, 2.05) is 0 Å². The zero-order valence-electron chi connectivity index (χ0n) is 15.2. The number of carbonyl (C=O) groups is 2. The summed E-state index contributed by atoms with van der Waals surface area (Å²) in [6, 6.07) is 0.0849. The van der Waals surface area contributed by atoms with E-state index in [0.717, 1.165) is 32.5 Å². The smallest absolute Gasteiger partial charge is 0.207 e. The van der Waals surface area contributed by atoms with E-state index in [0.29, 0.717) is 0 Å². The zero-order valence-corrected chi connectivity index (χ0v) is 16.0. The van der Waals surface area contributed by atoms with Crippen LogP contribution in [0.1, 0.15) is 71.1 Å². The molecule has 2 amide bonds. The van der Waals surface area contributed by atoms with Crippen LogP contribution in [0.3, 0.4) is 0 Å². The van der Waals surface area contributed by atoms with Gasteiger partial charge in [-0.2, -0.15) is 0 Å². The summed E-state index contributed by atoms with van der Waals surface area (Å²) < 4.78 is 0. The molecule has 1 aliphatic heterocycles. The van der Waals surface area contributed by atoms with Crippen LogP contribution in [0.5, 0.6) is 0 Å². The fraction of sp³-hybridized carbons (Fsp3) is 0.889.